The smallest absolute Gasteiger partial charge is 0.338 e. The van der Waals surface area contributed by atoms with Gasteiger partial charge in [0.05, 0.1) is 17.9 Å². The van der Waals surface area contributed by atoms with Crippen LogP contribution in [0.4, 0.5) is 5.69 Å². The monoisotopic (exact) mass is 474 g/mol. The van der Waals surface area contributed by atoms with Gasteiger partial charge in [0.15, 0.2) is 5.11 Å². The van der Waals surface area contributed by atoms with Gasteiger partial charge < -0.3 is 9.15 Å². The molecule has 4 rings (SSSR count). The van der Waals surface area contributed by atoms with Gasteiger partial charge in [0.25, 0.3) is 11.8 Å². The number of aryl methyl sites for hydroxylation is 1. The van der Waals surface area contributed by atoms with Crippen LogP contribution in [0.3, 0.4) is 0 Å². The lowest BCUT2D eigenvalue weighted by atomic mass is 10.0. The van der Waals surface area contributed by atoms with Crippen molar-refractivity contribution in [3.05, 3.63) is 82.6 Å². The minimum absolute atomic E-state index is 0.0303. The number of ether oxygens (including phenoxy) is 1. The molecule has 0 unspecified atom stereocenters. The van der Waals surface area contributed by atoms with E-state index in [0.29, 0.717) is 29.4 Å². The Bertz CT molecular complexity index is 1340. The molecule has 0 saturated carbocycles. The molecule has 0 bridgehead atoms. The van der Waals surface area contributed by atoms with Gasteiger partial charge in [0, 0.05) is 5.56 Å². The minimum Gasteiger partial charge on any atom is -0.462 e. The molecule has 2 heterocycles. The first-order valence-corrected chi connectivity index (χ1v) is 11.1. The van der Waals surface area contributed by atoms with Crippen molar-refractivity contribution in [1.29, 1.82) is 0 Å². The van der Waals surface area contributed by atoms with Crippen LogP contribution in [0.25, 0.3) is 17.4 Å². The van der Waals surface area contributed by atoms with Crippen LogP contribution in [-0.4, -0.2) is 29.5 Å². The summed E-state index contributed by atoms with van der Waals surface area (Å²) in [5, 5.41) is 2.61. The third kappa shape index (κ3) is 4.40. The van der Waals surface area contributed by atoms with Crippen molar-refractivity contribution < 1.29 is 23.5 Å². The Labute approximate surface area is 202 Å². The molecule has 3 aromatic rings. The molecule has 8 heteroatoms. The average Bonchev–Trinajstić information content (AvgIpc) is 3.28. The standard InChI is InChI=1S/C26H22N2O5S/c1-4-32-25(31)18-10-8-17(9-11-18)22-13-12-19(33-22)14-20-23(29)27-26(34)28(24(20)30)21-7-5-6-15(2)16(21)3/h5-14H,4H2,1-3H3,(H,27,29,34)/b20-14+. The lowest BCUT2D eigenvalue weighted by Crippen LogP contribution is -2.54. The Morgan fingerprint density at radius 3 is 2.53 bits per heavy atom. The number of hydrogen-bond donors (Lipinski definition) is 1. The van der Waals surface area contributed by atoms with Crippen LogP contribution in [0.1, 0.15) is 34.2 Å². The summed E-state index contributed by atoms with van der Waals surface area (Å²) in [7, 11) is 0. The predicted octanol–water partition coefficient (Wildman–Crippen LogP) is 4.57. The van der Waals surface area contributed by atoms with Gasteiger partial charge in [0.2, 0.25) is 0 Å². The van der Waals surface area contributed by atoms with Crippen molar-refractivity contribution in [3.8, 4) is 11.3 Å². The van der Waals surface area contributed by atoms with Gasteiger partial charge in [-0.15, -0.1) is 0 Å². The number of amides is 2. The number of furan rings is 1. The number of hydrogen-bond acceptors (Lipinski definition) is 6. The summed E-state index contributed by atoms with van der Waals surface area (Å²) in [6, 6.07) is 15.7. The predicted molar refractivity (Wildman–Crippen MR) is 132 cm³/mol. The molecule has 0 atom stereocenters. The van der Waals surface area contributed by atoms with Crippen molar-refractivity contribution in [2.75, 3.05) is 11.5 Å². The largest absolute Gasteiger partial charge is 0.462 e. The van der Waals surface area contributed by atoms with Crippen molar-refractivity contribution in [2.45, 2.75) is 20.8 Å². The topological polar surface area (TPSA) is 88.9 Å². The SMILES string of the molecule is CCOC(=O)c1ccc(-c2ccc(/C=C3\C(=O)NC(=S)N(c4cccc(C)c4C)C3=O)o2)cc1. The van der Waals surface area contributed by atoms with Gasteiger partial charge in [-0.2, -0.15) is 0 Å². The Hall–Kier alpha value is -4.04. The zero-order valence-electron chi connectivity index (χ0n) is 18.9. The highest BCUT2D eigenvalue weighted by Gasteiger charge is 2.35. The molecule has 2 amide bonds. The highest BCUT2D eigenvalue weighted by Crippen LogP contribution is 2.28. The molecule has 0 aliphatic carbocycles. The van der Waals surface area contributed by atoms with E-state index in [9.17, 15) is 14.4 Å². The van der Waals surface area contributed by atoms with E-state index in [-0.39, 0.29) is 10.7 Å². The van der Waals surface area contributed by atoms with Crippen LogP contribution < -0.4 is 10.2 Å². The normalized spacial score (nSPS) is 15.0. The molecule has 1 aliphatic rings. The minimum atomic E-state index is -0.590. The van der Waals surface area contributed by atoms with Gasteiger partial charge in [-0.1, -0.05) is 24.3 Å². The molecule has 1 aliphatic heterocycles. The van der Waals surface area contributed by atoms with Gasteiger partial charge in [0.1, 0.15) is 17.1 Å². The van der Waals surface area contributed by atoms with Gasteiger partial charge >= 0.3 is 5.97 Å². The number of thiocarbonyl (C=S) groups is 1. The van der Waals surface area contributed by atoms with Crippen LogP contribution in [0, 0.1) is 13.8 Å². The van der Waals surface area contributed by atoms with Crippen LogP contribution in [0.15, 0.2) is 64.6 Å². The van der Waals surface area contributed by atoms with E-state index in [2.05, 4.69) is 5.32 Å². The second kappa shape index (κ2) is 9.44. The van der Waals surface area contributed by atoms with Crippen LogP contribution in [-0.2, 0) is 14.3 Å². The van der Waals surface area contributed by atoms with Crippen LogP contribution in [0.2, 0.25) is 0 Å². The van der Waals surface area contributed by atoms with E-state index < -0.39 is 17.8 Å². The first-order chi connectivity index (χ1) is 16.3. The van der Waals surface area contributed by atoms with Gasteiger partial charge in [-0.3, -0.25) is 19.8 Å². The van der Waals surface area contributed by atoms with Gasteiger partial charge in [-0.25, -0.2) is 4.79 Å². The van der Waals surface area contributed by atoms with E-state index in [0.717, 1.165) is 16.7 Å². The molecule has 7 nitrogen and oxygen atoms in total. The van der Waals surface area contributed by atoms with E-state index in [1.54, 1.807) is 49.4 Å². The van der Waals surface area contributed by atoms with Crippen LogP contribution in [0.5, 0.6) is 0 Å². The van der Waals surface area contributed by atoms with Crippen molar-refractivity contribution in [2.24, 2.45) is 0 Å². The molecule has 1 saturated heterocycles. The number of rotatable bonds is 5. The first kappa shape index (κ1) is 23.1. The quantitative estimate of drug-likeness (QED) is 0.252. The Balaban J connectivity index is 1.62. The molecule has 34 heavy (non-hydrogen) atoms. The fourth-order valence-electron chi connectivity index (χ4n) is 3.57. The van der Waals surface area contributed by atoms with Gasteiger partial charge in [-0.05, 0) is 80.5 Å². The number of benzene rings is 2. The first-order valence-electron chi connectivity index (χ1n) is 10.6. The van der Waals surface area contributed by atoms with E-state index in [4.69, 9.17) is 21.4 Å². The fourth-order valence-corrected chi connectivity index (χ4v) is 3.84. The maximum atomic E-state index is 13.3. The summed E-state index contributed by atoms with van der Waals surface area (Å²) < 4.78 is 10.8. The summed E-state index contributed by atoms with van der Waals surface area (Å²) in [5.41, 5.74) is 3.58. The molecular formula is C26H22N2O5S. The molecule has 2 aromatic carbocycles. The van der Waals surface area contributed by atoms with Crippen molar-refractivity contribution >= 4 is 46.9 Å². The number of carbonyl (C=O) groups excluding carboxylic acids is 3. The van der Waals surface area contributed by atoms with Crippen molar-refractivity contribution in [3.63, 3.8) is 0 Å². The van der Waals surface area contributed by atoms with Crippen LogP contribution >= 0.6 is 12.2 Å². The molecule has 1 N–H and O–H groups in total. The molecule has 0 radical (unpaired) electrons. The Morgan fingerprint density at radius 2 is 1.82 bits per heavy atom. The number of anilines is 1. The number of nitrogens with zero attached hydrogens (tertiary/aromatic N) is 1. The summed E-state index contributed by atoms with van der Waals surface area (Å²) in [5.74, 6) is -0.663. The molecule has 1 fully saturated rings. The number of nitrogens with one attached hydrogen (secondary N) is 1. The Kier molecular flexibility index (Phi) is 6.43. The van der Waals surface area contributed by atoms with E-state index >= 15 is 0 Å². The molecule has 1 aromatic heterocycles. The third-order valence-corrected chi connectivity index (χ3v) is 5.80. The molecule has 0 spiro atoms. The second-order valence-corrected chi connectivity index (χ2v) is 8.06. The molecule has 172 valence electrons. The fraction of sp³-hybridized carbons (Fsp3) is 0.154. The number of esters is 1. The summed E-state index contributed by atoms with van der Waals surface area (Å²) in [6.07, 6.45) is 1.40. The number of carbonyl (C=O) groups is 3. The zero-order valence-corrected chi connectivity index (χ0v) is 19.7. The maximum absolute atomic E-state index is 13.3. The zero-order chi connectivity index (χ0) is 24.4. The maximum Gasteiger partial charge on any atom is 0.338 e. The Morgan fingerprint density at radius 1 is 1.09 bits per heavy atom. The lowest BCUT2D eigenvalue weighted by molar-refractivity contribution is -0.122. The van der Waals surface area contributed by atoms with E-state index in [1.165, 1.54) is 11.0 Å². The van der Waals surface area contributed by atoms with Crippen molar-refractivity contribution in [1.82, 2.24) is 5.32 Å². The average molecular weight is 475 g/mol. The highest BCUT2D eigenvalue weighted by molar-refractivity contribution is 7.80. The lowest BCUT2D eigenvalue weighted by Gasteiger charge is -2.30. The highest BCUT2D eigenvalue weighted by atomic mass is 32.1. The van der Waals surface area contributed by atoms with E-state index in [1.807, 2.05) is 26.0 Å². The summed E-state index contributed by atoms with van der Waals surface area (Å²) >= 11 is 5.29. The molecular weight excluding hydrogens is 452 g/mol. The second-order valence-electron chi connectivity index (χ2n) is 7.68. The summed E-state index contributed by atoms with van der Waals surface area (Å²) in [6.45, 7) is 5.88. The summed E-state index contributed by atoms with van der Waals surface area (Å²) in [4.78, 5) is 39.0. The third-order valence-electron chi connectivity index (χ3n) is 5.51.